The third kappa shape index (κ3) is 2.71. The fraction of sp³-hybridized carbons (Fsp3) is 0.500. The van der Waals surface area contributed by atoms with E-state index in [2.05, 4.69) is 15.9 Å². The highest BCUT2D eigenvalue weighted by atomic mass is 79.9. The Labute approximate surface area is 132 Å². The minimum absolute atomic E-state index is 0.0526. The van der Waals surface area contributed by atoms with E-state index in [0.29, 0.717) is 24.6 Å². The summed E-state index contributed by atoms with van der Waals surface area (Å²) in [6, 6.07) is 5.55. The predicted molar refractivity (Wildman–Crippen MR) is 82.1 cm³/mol. The third-order valence-corrected chi connectivity index (χ3v) is 5.55. The highest BCUT2D eigenvalue weighted by Gasteiger charge is 2.47. The summed E-state index contributed by atoms with van der Waals surface area (Å²) in [5.41, 5.74) is 1.56. The molecule has 1 saturated carbocycles. The molecule has 1 saturated heterocycles. The fourth-order valence-corrected chi connectivity index (χ4v) is 3.63. The number of hydrogen-bond acceptors (Lipinski definition) is 2. The van der Waals surface area contributed by atoms with Gasteiger partial charge in [-0.25, -0.2) is 0 Å². The van der Waals surface area contributed by atoms with Crippen molar-refractivity contribution in [3.05, 3.63) is 33.8 Å². The zero-order valence-electron chi connectivity index (χ0n) is 11.9. The predicted octanol–water partition coefficient (Wildman–Crippen LogP) is 2.94. The zero-order chi connectivity index (χ0) is 15.1. The number of nitrogens with zero attached hydrogens (tertiary/aromatic N) is 1. The summed E-state index contributed by atoms with van der Waals surface area (Å²) < 4.78 is 0.904. The van der Waals surface area contributed by atoms with E-state index in [1.54, 1.807) is 4.90 Å². The largest absolute Gasteiger partial charge is 0.481 e. The van der Waals surface area contributed by atoms with Crippen LogP contribution >= 0.6 is 15.9 Å². The molecule has 3 rings (SSSR count). The van der Waals surface area contributed by atoms with Crippen LogP contribution in [-0.2, 0) is 4.79 Å². The van der Waals surface area contributed by atoms with Gasteiger partial charge in [0.15, 0.2) is 0 Å². The average Bonchev–Trinajstić information content (AvgIpc) is 3.19. The molecule has 21 heavy (non-hydrogen) atoms. The Hall–Kier alpha value is -1.36. The lowest BCUT2D eigenvalue weighted by Gasteiger charge is -2.18. The van der Waals surface area contributed by atoms with Crippen LogP contribution in [0.4, 0.5) is 0 Å². The normalized spacial score (nSPS) is 25.1. The van der Waals surface area contributed by atoms with E-state index in [4.69, 9.17) is 0 Å². The maximum absolute atomic E-state index is 12.7. The van der Waals surface area contributed by atoms with Crippen LogP contribution in [-0.4, -0.2) is 35.0 Å². The van der Waals surface area contributed by atoms with E-state index in [1.807, 2.05) is 25.1 Å². The van der Waals surface area contributed by atoms with Gasteiger partial charge in [-0.3, -0.25) is 9.59 Å². The molecule has 0 aromatic heterocycles. The molecule has 4 nitrogen and oxygen atoms in total. The molecule has 1 aliphatic heterocycles. The topological polar surface area (TPSA) is 57.6 Å². The number of hydrogen-bond donors (Lipinski definition) is 1. The van der Waals surface area contributed by atoms with Crippen LogP contribution in [0.2, 0.25) is 0 Å². The molecule has 2 aliphatic rings. The van der Waals surface area contributed by atoms with Crippen molar-refractivity contribution in [3.8, 4) is 0 Å². The van der Waals surface area contributed by atoms with E-state index in [9.17, 15) is 14.7 Å². The molecule has 0 radical (unpaired) electrons. The molecule has 1 heterocycles. The molecule has 1 N–H and O–H groups in total. The molecule has 0 spiro atoms. The molecule has 1 aliphatic carbocycles. The molecule has 1 aromatic carbocycles. The lowest BCUT2D eigenvalue weighted by atomic mass is 9.92. The number of carboxylic acids is 1. The van der Waals surface area contributed by atoms with Gasteiger partial charge < -0.3 is 10.0 Å². The standard InChI is InChI=1S/C16H18BrNO3/c1-9-11(3-2-4-14(9)17)15(19)18-7-12(10-5-6-10)13(8-18)16(20)21/h2-4,10,12-13H,5-8H2,1H3,(H,20,21)/t12-,13+/m1/s1. The highest BCUT2D eigenvalue weighted by molar-refractivity contribution is 9.10. The van der Waals surface area contributed by atoms with Crippen LogP contribution in [0, 0.1) is 24.7 Å². The van der Waals surface area contributed by atoms with Crippen molar-refractivity contribution in [3.63, 3.8) is 0 Å². The second-order valence-electron chi connectivity index (χ2n) is 6.07. The summed E-state index contributed by atoms with van der Waals surface area (Å²) in [4.78, 5) is 25.8. The van der Waals surface area contributed by atoms with Gasteiger partial charge in [0.1, 0.15) is 0 Å². The number of carboxylic acid groups (broad SMARTS) is 1. The Morgan fingerprint density at radius 3 is 2.62 bits per heavy atom. The van der Waals surface area contributed by atoms with Crippen molar-refractivity contribution in [2.24, 2.45) is 17.8 Å². The van der Waals surface area contributed by atoms with Gasteiger partial charge in [0.25, 0.3) is 5.91 Å². The smallest absolute Gasteiger partial charge is 0.308 e. The molecular weight excluding hydrogens is 334 g/mol. The maximum Gasteiger partial charge on any atom is 0.308 e. The first-order valence-electron chi connectivity index (χ1n) is 7.26. The number of carbonyl (C=O) groups is 2. The molecule has 112 valence electrons. The molecule has 1 aromatic rings. The molecular formula is C16H18BrNO3. The first-order chi connectivity index (χ1) is 9.99. The molecule has 0 unspecified atom stereocenters. The second kappa shape index (κ2) is 5.44. The second-order valence-corrected chi connectivity index (χ2v) is 6.92. The van der Waals surface area contributed by atoms with Crippen molar-refractivity contribution in [2.45, 2.75) is 19.8 Å². The van der Waals surface area contributed by atoms with Crippen molar-refractivity contribution in [1.29, 1.82) is 0 Å². The summed E-state index contributed by atoms with van der Waals surface area (Å²) in [7, 11) is 0. The SMILES string of the molecule is Cc1c(Br)cccc1C(=O)N1C[C@H](C(=O)O)[C@@H](C2CC2)C1. The Morgan fingerprint density at radius 2 is 2.00 bits per heavy atom. The molecule has 2 atom stereocenters. The van der Waals surface area contributed by atoms with Crippen LogP contribution in [0.15, 0.2) is 22.7 Å². The van der Waals surface area contributed by atoms with Crippen molar-refractivity contribution in [1.82, 2.24) is 4.90 Å². The Kier molecular flexibility index (Phi) is 3.78. The quantitative estimate of drug-likeness (QED) is 0.910. The van der Waals surface area contributed by atoms with Crippen LogP contribution in [0.3, 0.4) is 0 Å². The summed E-state index contributed by atoms with van der Waals surface area (Å²) >= 11 is 3.44. The number of benzene rings is 1. The lowest BCUT2D eigenvalue weighted by Crippen LogP contribution is -2.30. The van der Waals surface area contributed by atoms with Crippen molar-refractivity contribution >= 4 is 27.8 Å². The summed E-state index contributed by atoms with van der Waals surface area (Å²) in [6.07, 6.45) is 2.21. The summed E-state index contributed by atoms with van der Waals surface area (Å²) in [6.45, 7) is 2.81. The van der Waals surface area contributed by atoms with Gasteiger partial charge in [-0.2, -0.15) is 0 Å². The maximum atomic E-state index is 12.7. The van der Waals surface area contributed by atoms with Gasteiger partial charge in [0, 0.05) is 23.1 Å². The summed E-state index contributed by atoms with van der Waals surface area (Å²) in [5.74, 6) is -0.614. The van der Waals surface area contributed by atoms with Gasteiger partial charge in [-0.15, -0.1) is 0 Å². The number of likely N-dealkylation sites (tertiary alicyclic amines) is 1. The van der Waals surface area contributed by atoms with Gasteiger partial charge in [-0.05, 0) is 49.3 Å². The number of aliphatic carboxylic acids is 1. The van der Waals surface area contributed by atoms with Crippen LogP contribution in [0.25, 0.3) is 0 Å². The van der Waals surface area contributed by atoms with Crippen molar-refractivity contribution in [2.75, 3.05) is 13.1 Å². The number of halogens is 1. The molecule has 0 bridgehead atoms. The highest BCUT2D eigenvalue weighted by Crippen LogP contribution is 2.44. The average molecular weight is 352 g/mol. The van der Waals surface area contributed by atoms with Gasteiger partial charge in [0.05, 0.1) is 5.92 Å². The van der Waals surface area contributed by atoms with E-state index in [1.165, 1.54) is 0 Å². The minimum atomic E-state index is -0.770. The Balaban J connectivity index is 1.82. The molecule has 2 fully saturated rings. The zero-order valence-corrected chi connectivity index (χ0v) is 13.5. The van der Waals surface area contributed by atoms with Crippen LogP contribution < -0.4 is 0 Å². The van der Waals surface area contributed by atoms with Gasteiger partial charge in [0.2, 0.25) is 0 Å². The van der Waals surface area contributed by atoms with Crippen LogP contribution in [0.1, 0.15) is 28.8 Å². The minimum Gasteiger partial charge on any atom is -0.481 e. The summed E-state index contributed by atoms with van der Waals surface area (Å²) in [5, 5.41) is 9.38. The molecule has 1 amide bonds. The van der Waals surface area contributed by atoms with E-state index < -0.39 is 11.9 Å². The Bertz CT molecular complexity index is 597. The fourth-order valence-electron chi connectivity index (χ4n) is 3.27. The van der Waals surface area contributed by atoms with E-state index in [-0.39, 0.29) is 11.8 Å². The monoisotopic (exact) mass is 351 g/mol. The van der Waals surface area contributed by atoms with E-state index in [0.717, 1.165) is 22.9 Å². The van der Waals surface area contributed by atoms with Crippen LogP contribution in [0.5, 0.6) is 0 Å². The third-order valence-electron chi connectivity index (χ3n) is 4.70. The first kappa shape index (κ1) is 14.6. The van der Waals surface area contributed by atoms with Gasteiger partial charge in [-0.1, -0.05) is 22.0 Å². The lowest BCUT2D eigenvalue weighted by molar-refractivity contribution is -0.142. The number of rotatable bonds is 3. The van der Waals surface area contributed by atoms with Gasteiger partial charge >= 0.3 is 5.97 Å². The Morgan fingerprint density at radius 1 is 1.29 bits per heavy atom. The molecule has 5 heteroatoms. The number of carbonyl (C=O) groups excluding carboxylic acids is 1. The number of amides is 1. The van der Waals surface area contributed by atoms with Crippen molar-refractivity contribution < 1.29 is 14.7 Å². The van der Waals surface area contributed by atoms with E-state index >= 15 is 0 Å². The first-order valence-corrected chi connectivity index (χ1v) is 8.05.